The summed E-state index contributed by atoms with van der Waals surface area (Å²) in [6.45, 7) is 8.75. The molecule has 1 unspecified atom stereocenters. The summed E-state index contributed by atoms with van der Waals surface area (Å²) < 4.78 is 14.2. The normalized spacial score (nSPS) is 19.0. The van der Waals surface area contributed by atoms with Gasteiger partial charge in [0.05, 0.1) is 6.04 Å². The number of hydrogen-bond acceptors (Lipinski definition) is 4. The second-order valence-corrected chi connectivity index (χ2v) is 9.17. The van der Waals surface area contributed by atoms with Gasteiger partial charge >= 0.3 is 0 Å². The van der Waals surface area contributed by atoms with E-state index < -0.39 is 0 Å². The zero-order valence-corrected chi connectivity index (χ0v) is 18.2. The van der Waals surface area contributed by atoms with Crippen molar-refractivity contribution in [2.24, 2.45) is 0 Å². The topological polar surface area (TPSA) is 35.6 Å². The molecule has 2 heterocycles. The molecule has 0 radical (unpaired) electrons. The lowest BCUT2D eigenvalue weighted by atomic mass is 9.88. The van der Waals surface area contributed by atoms with E-state index in [-0.39, 0.29) is 17.8 Å². The van der Waals surface area contributed by atoms with Crippen LogP contribution in [0.15, 0.2) is 24.3 Å². The highest BCUT2D eigenvalue weighted by atomic mass is 32.1. The molecule has 1 fully saturated rings. The summed E-state index contributed by atoms with van der Waals surface area (Å²) in [6, 6.07) is 6.99. The lowest BCUT2D eigenvalue weighted by molar-refractivity contribution is -0.114. The second-order valence-electron chi connectivity index (χ2n) is 8.06. The van der Waals surface area contributed by atoms with Crippen LogP contribution in [0, 0.1) is 5.82 Å². The van der Waals surface area contributed by atoms with Gasteiger partial charge in [-0.25, -0.2) is 4.39 Å². The molecule has 156 valence electrons. The highest BCUT2D eigenvalue weighted by Gasteiger charge is 2.33. The van der Waals surface area contributed by atoms with E-state index in [0.29, 0.717) is 0 Å². The molecule has 2 aromatic rings. The van der Waals surface area contributed by atoms with Crippen molar-refractivity contribution in [1.29, 1.82) is 0 Å². The molecule has 0 spiro atoms. The summed E-state index contributed by atoms with van der Waals surface area (Å²) in [7, 11) is 0. The van der Waals surface area contributed by atoms with E-state index in [9.17, 15) is 9.18 Å². The van der Waals surface area contributed by atoms with Crippen LogP contribution in [0.5, 0.6) is 0 Å². The molecule has 2 aliphatic rings. The van der Waals surface area contributed by atoms with Crippen LogP contribution in [0.3, 0.4) is 0 Å². The van der Waals surface area contributed by atoms with Crippen molar-refractivity contribution >= 4 is 22.2 Å². The second kappa shape index (κ2) is 8.94. The zero-order valence-electron chi connectivity index (χ0n) is 17.3. The van der Waals surface area contributed by atoms with Crippen LogP contribution in [-0.2, 0) is 17.6 Å². The Morgan fingerprint density at radius 2 is 1.97 bits per heavy atom. The highest BCUT2D eigenvalue weighted by molar-refractivity contribution is 7.16. The van der Waals surface area contributed by atoms with Gasteiger partial charge < -0.3 is 10.2 Å². The van der Waals surface area contributed by atoms with Crippen LogP contribution in [0.1, 0.15) is 54.3 Å². The molecular weight excluding hydrogens is 385 g/mol. The lowest BCUT2D eigenvalue weighted by Gasteiger charge is -2.40. The molecule has 1 amide bonds. The van der Waals surface area contributed by atoms with E-state index in [1.807, 2.05) is 6.07 Å². The minimum Gasteiger partial charge on any atom is -0.318 e. The van der Waals surface area contributed by atoms with Crippen LogP contribution in [0.4, 0.5) is 9.39 Å². The summed E-state index contributed by atoms with van der Waals surface area (Å²) in [5.41, 5.74) is 3.57. The largest absolute Gasteiger partial charge is 0.318 e. The average molecular weight is 416 g/mol. The van der Waals surface area contributed by atoms with Gasteiger partial charge in [0.15, 0.2) is 0 Å². The average Bonchev–Trinajstić information content (AvgIpc) is 3.06. The Hall–Kier alpha value is -1.76. The minimum atomic E-state index is -0.204. The van der Waals surface area contributed by atoms with Crippen LogP contribution in [0.2, 0.25) is 0 Å². The predicted molar refractivity (Wildman–Crippen MR) is 117 cm³/mol. The molecule has 4 rings (SSSR count). The SMILES string of the molecule is CCN1CCN(C(c2cccc(F)c2)c2c(NC(C)=O)sc3c2CCCC3)CC1. The van der Waals surface area contributed by atoms with Gasteiger partial charge in [-0.15, -0.1) is 11.3 Å². The summed E-state index contributed by atoms with van der Waals surface area (Å²) in [5.74, 6) is -0.247. The first-order valence-electron chi connectivity index (χ1n) is 10.7. The Bertz CT molecular complexity index is 873. The number of nitrogens with zero attached hydrogens (tertiary/aromatic N) is 2. The number of aryl methyl sites for hydroxylation is 1. The first-order valence-corrected chi connectivity index (χ1v) is 11.5. The van der Waals surface area contributed by atoms with Gasteiger partial charge in [-0.2, -0.15) is 0 Å². The van der Waals surface area contributed by atoms with Gasteiger partial charge in [0.25, 0.3) is 0 Å². The van der Waals surface area contributed by atoms with Gasteiger partial charge in [0.1, 0.15) is 10.8 Å². The summed E-state index contributed by atoms with van der Waals surface area (Å²) in [6.07, 6.45) is 4.50. The summed E-state index contributed by atoms with van der Waals surface area (Å²) in [4.78, 5) is 18.3. The number of thiophene rings is 1. The number of nitrogens with one attached hydrogen (secondary N) is 1. The van der Waals surface area contributed by atoms with Crippen molar-refractivity contribution < 1.29 is 9.18 Å². The summed E-state index contributed by atoms with van der Waals surface area (Å²) >= 11 is 1.72. The number of likely N-dealkylation sites (N-methyl/N-ethyl adjacent to an activating group) is 1. The number of anilines is 1. The first kappa shape index (κ1) is 20.5. The fraction of sp³-hybridized carbons (Fsp3) is 0.522. The Morgan fingerprint density at radius 3 is 2.66 bits per heavy atom. The maximum atomic E-state index is 14.2. The molecule has 1 aromatic heterocycles. The number of amides is 1. The fourth-order valence-electron chi connectivity index (χ4n) is 4.71. The van der Waals surface area contributed by atoms with Crippen molar-refractivity contribution in [3.63, 3.8) is 0 Å². The Kier molecular flexibility index (Phi) is 6.32. The van der Waals surface area contributed by atoms with Crippen LogP contribution >= 0.6 is 11.3 Å². The lowest BCUT2D eigenvalue weighted by Crippen LogP contribution is -2.47. The van der Waals surface area contributed by atoms with Gasteiger partial charge in [-0.1, -0.05) is 19.1 Å². The molecule has 6 heteroatoms. The quantitative estimate of drug-likeness (QED) is 0.784. The monoisotopic (exact) mass is 415 g/mol. The van der Waals surface area contributed by atoms with E-state index in [1.165, 1.54) is 34.9 Å². The van der Waals surface area contributed by atoms with E-state index in [0.717, 1.165) is 56.1 Å². The number of carbonyl (C=O) groups excluding carboxylic acids is 1. The highest BCUT2D eigenvalue weighted by Crippen LogP contribution is 2.45. The zero-order chi connectivity index (χ0) is 20.4. The number of rotatable bonds is 5. The van der Waals surface area contributed by atoms with Crippen molar-refractivity contribution in [3.8, 4) is 0 Å². The molecule has 1 aliphatic heterocycles. The molecule has 1 aliphatic carbocycles. The Balaban J connectivity index is 1.81. The molecule has 29 heavy (non-hydrogen) atoms. The maximum Gasteiger partial charge on any atom is 0.221 e. The van der Waals surface area contributed by atoms with Gasteiger partial charge in [0, 0.05) is 43.5 Å². The summed E-state index contributed by atoms with van der Waals surface area (Å²) in [5, 5.41) is 4.06. The molecule has 1 atom stereocenters. The van der Waals surface area contributed by atoms with E-state index in [4.69, 9.17) is 0 Å². The van der Waals surface area contributed by atoms with Crippen molar-refractivity contribution in [2.45, 2.75) is 45.6 Å². The number of piperazine rings is 1. The van der Waals surface area contributed by atoms with Crippen molar-refractivity contribution in [2.75, 3.05) is 38.0 Å². The third kappa shape index (κ3) is 4.39. The van der Waals surface area contributed by atoms with Gasteiger partial charge in [-0.05, 0) is 55.5 Å². The van der Waals surface area contributed by atoms with Crippen molar-refractivity contribution in [1.82, 2.24) is 9.80 Å². The molecular formula is C23H30FN3OS. The molecule has 4 nitrogen and oxygen atoms in total. The molecule has 0 saturated carbocycles. The van der Waals surface area contributed by atoms with E-state index in [1.54, 1.807) is 30.4 Å². The van der Waals surface area contributed by atoms with Gasteiger partial charge in [-0.3, -0.25) is 9.69 Å². The number of halogens is 1. The Morgan fingerprint density at radius 1 is 1.21 bits per heavy atom. The minimum absolute atomic E-state index is 0.0235. The third-order valence-corrected chi connectivity index (χ3v) is 7.38. The van der Waals surface area contributed by atoms with E-state index >= 15 is 0 Å². The predicted octanol–water partition coefficient (Wildman–Crippen LogP) is 4.45. The number of carbonyl (C=O) groups is 1. The molecule has 1 saturated heterocycles. The first-order chi connectivity index (χ1) is 14.1. The smallest absolute Gasteiger partial charge is 0.221 e. The number of benzene rings is 1. The third-order valence-electron chi connectivity index (χ3n) is 6.16. The van der Waals surface area contributed by atoms with E-state index in [2.05, 4.69) is 22.0 Å². The number of fused-ring (bicyclic) bond motifs is 1. The molecule has 1 aromatic carbocycles. The van der Waals surface area contributed by atoms with Crippen molar-refractivity contribution in [3.05, 3.63) is 51.7 Å². The van der Waals surface area contributed by atoms with Crippen LogP contribution < -0.4 is 5.32 Å². The fourth-order valence-corrected chi connectivity index (χ4v) is 6.07. The maximum absolute atomic E-state index is 14.2. The molecule has 1 N–H and O–H groups in total. The van der Waals surface area contributed by atoms with Gasteiger partial charge in [0.2, 0.25) is 5.91 Å². The Labute approximate surface area is 176 Å². The van der Waals surface area contributed by atoms with Crippen LogP contribution in [-0.4, -0.2) is 48.4 Å². The standard InChI is InChI=1S/C23H30FN3OS/c1-3-26-11-13-27(14-12-26)22(17-7-6-8-18(24)15-17)21-19-9-4-5-10-20(19)29-23(21)25-16(2)28/h6-8,15,22H,3-5,9-14H2,1-2H3,(H,25,28). The number of hydrogen-bond donors (Lipinski definition) is 1. The van der Waals surface area contributed by atoms with Crippen LogP contribution in [0.25, 0.3) is 0 Å². The molecule has 0 bridgehead atoms.